The van der Waals surface area contributed by atoms with Crippen molar-refractivity contribution in [2.45, 2.75) is 64.0 Å². The van der Waals surface area contributed by atoms with Crippen molar-refractivity contribution in [1.82, 2.24) is 9.80 Å². The second-order valence-electron chi connectivity index (χ2n) is 6.68. The SMILES string of the molecule is CCCCCCCCCC(C(=O)O)(N1C(=O)C=CC1=O)N1C(=O)C=CC1=O.[Zn]. The smallest absolute Gasteiger partial charge is 0.351 e. The van der Waals surface area contributed by atoms with Gasteiger partial charge in [0.25, 0.3) is 23.6 Å². The Morgan fingerprint density at radius 3 is 1.50 bits per heavy atom. The molecule has 1 N–H and O–H groups in total. The van der Waals surface area contributed by atoms with Crippen molar-refractivity contribution >= 4 is 29.6 Å². The van der Waals surface area contributed by atoms with Crippen LogP contribution in [0.5, 0.6) is 0 Å². The number of rotatable bonds is 11. The Morgan fingerprint density at radius 1 is 0.786 bits per heavy atom. The fourth-order valence-corrected chi connectivity index (χ4v) is 3.48. The fraction of sp³-hybridized carbons (Fsp3) is 0.526. The van der Waals surface area contributed by atoms with Crippen molar-refractivity contribution < 1.29 is 48.6 Å². The van der Waals surface area contributed by atoms with Crippen molar-refractivity contribution in [2.75, 3.05) is 0 Å². The molecule has 2 aliphatic rings. The van der Waals surface area contributed by atoms with Gasteiger partial charge in [-0.1, -0.05) is 45.4 Å². The number of unbranched alkanes of at least 4 members (excludes halogenated alkanes) is 6. The van der Waals surface area contributed by atoms with Gasteiger partial charge in [0.05, 0.1) is 0 Å². The van der Waals surface area contributed by atoms with Gasteiger partial charge in [-0.15, -0.1) is 0 Å². The molecule has 148 valence electrons. The molecule has 0 aromatic carbocycles. The molecule has 2 rings (SSSR count). The summed E-state index contributed by atoms with van der Waals surface area (Å²) in [5.41, 5.74) is -2.35. The van der Waals surface area contributed by atoms with Crippen LogP contribution in [0, 0.1) is 0 Å². The van der Waals surface area contributed by atoms with E-state index in [1.165, 1.54) is 0 Å². The Kier molecular flexibility index (Phi) is 8.88. The Labute approximate surface area is 176 Å². The maximum Gasteiger partial charge on any atom is 0.351 e. The number of imide groups is 2. The summed E-state index contributed by atoms with van der Waals surface area (Å²) in [5.74, 6) is -4.98. The molecular formula is C19H24N2O6Zn. The number of nitrogens with zero attached hydrogens (tertiary/aromatic N) is 2. The average molecular weight is 442 g/mol. The van der Waals surface area contributed by atoms with Crippen molar-refractivity contribution in [3.05, 3.63) is 24.3 Å². The summed E-state index contributed by atoms with van der Waals surface area (Å²) in [5, 5.41) is 9.94. The van der Waals surface area contributed by atoms with Crippen LogP contribution in [0.2, 0.25) is 0 Å². The van der Waals surface area contributed by atoms with Crippen LogP contribution < -0.4 is 0 Å². The number of aliphatic carboxylic acids is 1. The predicted octanol–water partition coefficient (Wildman–Crippen LogP) is 1.76. The van der Waals surface area contributed by atoms with E-state index in [2.05, 4.69) is 6.92 Å². The molecular weight excluding hydrogens is 418 g/mol. The van der Waals surface area contributed by atoms with E-state index in [1.807, 2.05) is 0 Å². The van der Waals surface area contributed by atoms with Crippen LogP contribution in [-0.4, -0.2) is 50.2 Å². The van der Waals surface area contributed by atoms with E-state index in [-0.39, 0.29) is 25.9 Å². The minimum absolute atomic E-state index is 0. The van der Waals surface area contributed by atoms with Gasteiger partial charge in [0.2, 0.25) is 5.66 Å². The van der Waals surface area contributed by atoms with E-state index in [9.17, 15) is 29.1 Å². The standard InChI is InChI=1S/C19H24N2O6.Zn/c1-2-3-4-5-6-7-8-13-19(18(26)27,20-14(22)9-10-15(20)23)21-16(24)11-12-17(21)25;/h9-12H,2-8,13H2,1H3,(H,26,27);. The molecule has 0 aromatic heterocycles. The van der Waals surface area contributed by atoms with Crippen molar-refractivity contribution in [3.8, 4) is 0 Å². The first kappa shape index (κ1) is 23.9. The molecule has 0 aromatic rings. The quantitative estimate of drug-likeness (QED) is 0.297. The summed E-state index contributed by atoms with van der Waals surface area (Å²) in [4.78, 5) is 62.0. The Hall–Kier alpha value is -2.15. The first-order valence-corrected chi connectivity index (χ1v) is 9.22. The number of hydrogen-bond donors (Lipinski definition) is 1. The predicted molar refractivity (Wildman–Crippen MR) is 95.0 cm³/mol. The average Bonchev–Trinajstić information content (AvgIpc) is 3.13. The number of carboxylic acids is 1. The second kappa shape index (κ2) is 10.4. The topological polar surface area (TPSA) is 112 Å². The Balaban J connectivity index is 0.00000392. The van der Waals surface area contributed by atoms with Gasteiger partial charge >= 0.3 is 5.97 Å². The van der Waals surface area contributed by atoms with Crippen LogP contribution in [-0.2, 0) is 43.5 Å². The van der Waals surface area contributed by atoms with Gasteiger partial charge in [-0.25, -0.2) is 14.6 Å². The normalized spacial score (nSPS) is 16.3. The fourth-order valence-electron chi connectivity index (χ4n) is 3.48. The molecule has 0 atom stereocenters. The largest absolute Gasteiger partial charge is 0.478 e. The molecule has 0 fully saturated rings. The van der Waals surface area contributed by atoms with Gasteiger partial charge in [-0.05, 0) is 6.42 Å². The summed E-state index contributed by atoms with van der Waals surface area (Å²) in [6, 6.07) is 0. The zero-order valence-corrected chi connectivity index (χ0v) is 19.0. The zero-order chi connectivity index (χ0) is 20.0. The van der Waals surface area contributed by atoms with Gasteiger partial charge in [-0.3, -0.25) is 19.2 Å². The summed E-state index contributed by atoms with van der Waals surface area (Å²) in [6.07, 6.45) is 9.81. The van der Waals surface area contributed by atoms with E-state index in [4.69, 9.17) is 0 Å². The summed E-state index contributed by atoms with van der Waals surface area (Å²) >= 11 is 0. The molecule has 0 aliphatic carbocycles. The number of hydrogen-bond acceptors (Lipinski definition) is 5. The van der Waals surface area contributed by atoms with Gasteiger partial charge in [-0.2, -0.15) is 0 Å². The summed E-state index contributed by atoms with van der Waals surface area (Å²) < 4.78 is 0. The Morgan fingerprint density at radius 2 is 1.14 bits per heavy atom. The molecule has 0 saturated heterocycles. The minimum Gasteiger partial charge on any atom is -0.478 e. The molecule has 9 heteroatoms. The van der Waals surface area contributed by atoms with E-state index < -0.39 is 35.3 Å². The molecule has 2 aliphatic heterocycles. The Bertz CT molecular complexity index is 637. The van der Waals surface area contributed by atoms with Crippen LogP contribution in [0.15, 0.2) is 24.3 Å². The van der Waals surface area contributed by atoms with Crippen LogP contribution in [0.4, 0.5) is 0 Å². The van der Waals surface area contributed by atoms with Gasteiger partial charge in [0, 0.05) is 50.2 Å². The van der Waals surface area contributed by atoms with Gasteiger partial charge in [0.15, 0.2) is 0 Å². The molecule has 2 heterocycles. The van der Waals surface area contributed by atoms with Crippen molar-refractivity contribution in [3.63, 3.8) is 0 Å². The summed E-state index contributed by atoms with van der Waals surface area (Å²) in [7, 11) is 0. The zero-order valence-electron chi connectivity index (χ0n) is 16.1. The maximum absolute atomic E-state index is 12.2. The number of amides is 4. The first-order chi connectivity index (χ1) is 12.9. The third-order valence-corrected chi connectivity index (χ3v) is 4.83. The third-order valence-electron chi connectivity index (χ3n) is 4.83. The van der Waals surface area contributed by atoms with Crippen molar-refractivity contribution in [2.24, 2.45) is 0 Å². The van der Waals surface area contributed by atoms with Crippen molar-refractivity contribution in [1.29, 1.82) is 0 Å². The number of carbonyl (C=O) groups excluding carboxylic acids is 4. The molecule has 8 nitrogen and oxygen atoms in total. The molecule has 0 radical (unpaired) electrons. The van der Waals surface area contributed by atoms with E-state index >= 15 is 0 Å². The van der Waals surface area contributed by atoms with Crippen LogP contribution >= 0.6 is 0 Å². The first-order valence-electron chi connectivity index (χ1n) is 9.22. The van der Waals surface area contributed by atoms with Crippen LogP contribution in [0.25, 0.3) is 0 Å². The molecule has 0 unspecified atom stereocenters. The molecule has 0 bridgehead atoms. The van der Waals surface area contributed by atoms with Gasteiger partial charge < -0.3 is 5.11 Å². The van der Waals surface area contributed by atoms with E-state index in [0.29, 0.717) is 22.6 Å². The van der Waals surface area contributed by atoms with Crippen LogP contribution in [0.1, 0.15) is 58.3 Å². The van der Waals surface area contributed by atoms with Gasteiger partial charge in [0.1, 0.15) is 0 Å². The molecule has 0 saturated carbocycles. The van der Waals surface area contributed by atoms with E-state index in [1.54, 1.807) is 0 Å². The van der Waals surface area contributed by atoms with Crippen LogP contribution in [0.3, 0.4) is 0 Å². The maximum atomic E-state index is 12.2. The molecule has 0 spiro atoms. The minimum atomic E-state index is -2.35. The second-order valence-corrected chi connectivity index (χ2v) is 6.68. The number of carboxylic acid groups (broad SMARTS) is 1. The monoisotopic (exact) mass is 440 g/mol. The number of carbonyl (C=O) groups is 5. The summed E-state index contributed by atoms with van der Waals surface area (Å²) in [6.45, 7) is 2.11. The third kappa shape index (κ3) is 4.63. The molecule has 4 amide bonds. The van der Waals surface area contributed by atoms with E-state index in [0.717, 1.165) is 56.4 Å². The molecule has 28 heavy (non-hydrogen) atoms.